The van der Waals surface area contributed by atoms with E-state index in [-0.39, 0.29) is 30.6 Å². The molecule has 2 aromatic rings. The van der Waals surface area contributed by atoms with Crippen LogP contribution in [0.1, 0.15) is 34.1 Å². The summed E-state index contributed by atoms with van der Waals surface area (Å²) in [5, 5.41) is 4.97. The van der Waals surface area contributed by atoms with Crippen LogP contribution in [0.5, 0.6) is 0 Å². The van der Waals surface area contributed by atoms with Gasteiger partial charge in [-0.1, -0.05) is 36.4 Å². The zero-order valence-electron chi connectivity index (χ0n) is 13.5. The van der Waals surface area contributed by atoms with Crippen LogP contribution >= 0.6 is 11.3 Å². The molecule has 0 aliphatic heterocycles. The molecule has 0 bridgehead atoms. The van der Waals surface area contributed by atoms with Gasteiger partial charge in [0, 0.05) is 29.8 Å². The molecule has 1 heterocycles. The van der Waals surface area contributed by atoms with Gasteiger partial charge in [-0.05, 0) is 25.5 Å². The molecule has 1 amide bonds. The molecule has 1 aromatic heterocycles. The van der Waals surface area contributed by atoms with Gasteiger partial charge in [0.15, 0.2) is 5.78 Å². The Morgan fingerprint density at radius 3 is 2.43 bits per heavy atom. The maximum absolute atomic E-state index is 12.0. The van der Waals surface area contributed by atoms with Crippen molar-refractivity contribution in [2.24, 2.45) is 0 Å². The molecule has 1 atom stereocenters. The molecular formula is C18H22N2O2S. The number of hydrogen-bond acceptors (Lipinski definition) is 4. The second-order valence-corrected chi connectivity index (χ2v) is 6.57. The van der Waals surface area contributed by atoms with Gasteiger partial charge < -0.3 is 10.2 Å². The van der Waals surface area contributed by atoms with Crippen molar-refractivity contribution < 1.29 is 9.59 Å². The van der Waals surface area contributed by atoms with E-state index < -0.39 is 0 Å². The third-order valence-corrected chi connectivity index (χ3v) is 4.64. The average molecular weight is 330 g/mol. The second-order valence-electron chi connectivity index (χ2n) is 5.59. The molecule has 1 unspecified atom stereocenters. The number of rotatable bonds is 8. The molecule has 5 heteroatoms. The largest absolute Gasteiger partial charge is 0.354 e. The third-order valence-electron chi connectivity index (χ3n) is 3.66. The Labute approximate surface area is 141 Å². The minimum absolute atomic E-state index is 0.00293. The first kappa shape index (κ1) is 17.4. The minimum Gasteiger partial charge on any atom is -0.354 e. The van der Waals surface area contributed by atoms with E-state index in [1.807, 2.05) is 43.7 Å². The number of ketones is 1. The van der Waals surface area contributed by atoms with E-state index >= 15 is 0 Å². The van der Waals surface area contributed by atoms with Gasteiger partial charge in [0.2, 0.25) is 5.91 Å². The average Bonchev–Trinajstić information content (AvgIpc) is 3.07. The predicted octanol–water partition coefficient (Wildman–Crippen LogP) is 3.13. The summed E-state index contributed by atoms with van der Waals surface area (Å²) in [5.74, 6) is -0.0825. The molecular weight excluding hydrogens is 308 g/mol. The van der Waals surface area contributed by atoms with Crippen molar-refractivity contribution in [1.82, 2.24) is 10.2 Å². The lowest BCUT2D eigenvalue weighted by Gasteiger charge is -2.23. The fourth-order valence-electron chi connectivity index (χ4n) is 2.31. The highest BCUT2D eigenvalue weighted by molar-refractivity contribution is 7.10. The normalized spacial score (nSPS) is 12.1. The second kappa shape index (κ2) is 8.60. The van der Waals surface area contributed by atoms with E-state index in [0.29, 0.717) is 12.1 Å². The van der Waals surface area contributed by atoms with Gasteiger partial charge in [0.25, 0.3) is 0 Å². The predicted molar refractivity (Wildman–Crippen MR) is 93.8 cm³/mol. The zero-order chi connectivity index (χ0) is 16.7. The molecule has 0 saturated carbocycles. The van der Waals surface area contributed by atoms with Crippen molar-refractivity contribution in [3.8, 4) is 0 Å². The van der Waals surface area contributed by atoms with Crippen LogP contribution in [0.4, 0.5) is 0 Å². The number of nitrogens with zero attached hydrogens (tertiary/aromatic N) is 1. The van der Waals surface area contributed by atoms with E-state index in [4.69, 9.17) is 0 Å². The highest BCUT2D eigenvalue weighted by Gasteiger charge is 2.16. The Bertz CT molecular complexity index is 624. The summed E-state index contributed by atoms with van der Waals surface area (Å²) in [4.78, 5) is 27.3. The first-order valence-electron chi connectivity index (χ1n) is 7.62. The summed E-state index contributed by atoms with van der Waals surface area (Å²) in [6, 6.07) is 13.3. The highest BCUT2D eigenvalue weighted by Crippen LogP contribution is 2.22. The van der Waals surface area contributed by atoms with E-state index in [9.17, 15) is 9.59 Å². The van der Waals surface area contributed by atoms with E-state index in [1.54, 1.807) is 23.5 Å². The lowest BCUT2D eigenvalue weighted by molar-refractivity contribution is -0.121. The Hall–Kier alpha value is -1.98. The van der Waals surface area contributed by atoms with Gasteiger partial charge >= 0.3 is 0 Å². The van der Waals surface area contributed by atoms with Crippen LogP contribution in [0, 0.1) is 0 Å². The fourth-order valence-corrected chi connectivity index (χ4v) is 3.24. The van der Waals surface area contributed by atoms with Crippen LogP contribution in [-0.4, -0.2) is 37.2 Å². The molecule has 2 rings (SSSR count). The summed E-state index contributed by atoms with van der Waals surface area (Å²) in [5.41, 5.74) is 0.657. The molecule has 0 saturated heterocycles. The summed E-state index contributed by atoms with van der Waals surface area (Å²) in [6.07, 6.45) is 0.458. The Morgan fingerprint density at radius 1 is 1.09 bits per heavy atom. The fraction of sp³-hybridized carbons (Fsp3) is 0.333. The molecule has 1 N–H and O–H groups in total. The Morgan fingerprint density at radius 2 is 1.83 bits per heavy atom. The summed E-state index contributed by atoms with van der Waals surface area (Å²) in [7, 11) is 3.99. The molecule has 0 radical (unpaired) electrons. The highest BCUT2D eigenvalue weighted by atomic mass is 32.1. The minimum atomic E-state index is -0.0855. The first-order chi connectivity index (χ1) is 11.1. The van der Waals surface area contributed by atoms with Crippen LogP contribution in [-0.2, 0) is 4.79 Å². The summed E-state index contributed by atoms with van der Waals surface area (Å²) < 4.78 is 0. The van der Waals surface area contributed by atoms with Crippen LogP contribution < -0.4 is 5.32 Å². The van der Waals surface area contributed by atoms with Gasteiger partial charge in [-0.25, -0.2) is 0 Å². The lowest BCUT2D eigenvalue weighted by atomic mass is 10.1. The van der Waals surface area contributed by atoms with Crippen molar-refractivity contribution in [1.29, 1.82) is 0 Å². The Balaban J connectivity index is 1.79. The number of likely N-dealkylation sites (N-methyl/N-ethyl adjacent to an activating group) is 1. The number of benzene rings is 1. The smallest absolute Gasteiger partial charge is 0.220 e. The Kier molecular flexibility index (Phi) is 6.50. The number of carbonyl (C=O) groups is 2. The lowest BCUT2D eigenvalue weighted by Crippen LogP contribution is -2.34. The summed E-state index contributed by atoms with van der Waals surface area (Å²) in [6.45, 7) is 0.547. The number of hydrogen-bond donors (Lipinski definition) is 1. The third kappa shape index (κ3) is 5.30. The van der Waals surface area contributed by atoms with Gasteiger partial charge in [0.1, 0.15) is 0 Å². The molecule has 0 fully saturated rings. The van der Waals surface area contributed by atoms with Crippen molar-refractivity contribution in [3.05, 3.63) is 58.3 Å². The number of Topliss-reactive ketones (excluding diaryl/α,β-unsaturated/α-hetero) is 1. The van der Waals surface area contributed by atoms with Gasteiger partial charge in [-0.2, -0.15) is 0 Å². The summed E-state index contributed by atoms with van der Waals surface area (Å²) >= 11 is 1.68. The number of carbonyl (C=O) groups excluding carboxylic acids is 2. The van der Waals surface area contributed by atoms with Crippen LogP contribution in [0.3, 0.4) is 0 Å². The monoisotopic (exact) mass is 330 g/mol. The standard InChI is InChI=1S/C18H22N2O2S/c1-20(2)15(17-9-6-12-23-17)13-19-18(22)11-10-16(21)14-7-4-3-5-8-14/h3-9,12,15H,10-11,13H2,1-2H3,(H,19,22). The van der Waals surface area contributed by atoms with Crippen LogP contribution in [0.15, 0.2) is 47.8 Å². The van der Waals surface area contributed by atoms with Gasteiger partial charge in [-0.3, -0.25) is 9.59 Å². The molecule has 0 spiro atoms. The number of amides is 1. The van der Waals surface area contributed by atoms with Crippen molar-refractivity contribution in [3.63, 3.8) is 0 Å². The topological polar surface area (TPSA) is 49.4 Å². The molecule has 0 aliphatic rings. The SMILES string of the molecule is CN(C)C(CNC(=O)CCC(=O)c1ccccc1)c1cccs1. The van der Waals surface area contributed by atoms with Crippen molar-refractivity contribution in [2.45, 2.75) is 18.9 Å². The quantitative estimate of drug-likeness (QED) is 0.757. The van der Waals surface area contributed by atoms with E-state index in [2.05, 4.69) is 16.3 Å². The number of nitrogens with one attached hydrogen (secondary N) is 1. The van der Waals surface area contributed by atoms with Crippen molar-refractivity contribution >= 4 is 23.0 Å². The van der Waals surface area contributed by atoms with Gasteiger partial charge in [-0.15, -0.1) is 11.3 Å². The molecule has 23 heavy (non-hydrogen) atoms. The van der Waals surface area contributed by atoms with E-state index in [1.165, 1.54) is 4.88 Å². The number of thiophene rings is 1. The molecule has 1 aromatic carbocycles. The van der Waals surface area contributed by atoms with Crippen LogP contribution in [0.25, 0.3) is 0 Å². The zero-order valence-corrected chi connectivity index (χ0v) is 14.3. The first-order valence-corrected chi connectivity index (χ1v) is 8.50. The van der Waals surface area contributed by atoms with Gasteiger partial charge in [0.05, 0.1) is 6.04 Å². The molecule has 0 aliphatic carbocycles. The van der Waals surface area contributed by atoms with Crippen LogP contribution in [0.2, 0.25) is 0 Å². The van der Waals surface area contributed by atoms with E-state index in [0.717, 1.165) is 0 Å². The van der Waals surface area contributed by atoms with Crippen molar-refractivity contribution in [2.75, 3.05) is 20.6 Å². The molecule has 122 valence electrons. The maximum atomic E-state index is 12.0. The molecule has 4 nitrogen and oxygen atoms in total. The maximum Gasteiger partial charge on any atom is 0.220 e.